The van der Waals surface area contributed by atoms with Crippen LogP contribution in [0.2, 0.25) is 0 Å². The number of aromatic nitrogens is 1. The van der Waals surface area contributed by atoms with Crippen LogP contribution in [-0.4, -0.2) is 0 Å². The molecular formula is C19H32N2S. The zero-order valence-electron chi connectivity index (χ0n) is 14.4. The van der Waals surface area contributed by atoms with Gasteiger partial charge in [0.05, 0.1) is 0 Å². The third-order valence-corrected chi connectivity index (χ3v) is 3.78. The molecule has 0 N–H and O–H groups in total. The van der Waals surface area contributed by atoms with Crippen molar-refractivity contribution in [2.24, 2.45) is 0 Å². The molecule has 0 radical (unpaired) electrons. The lowest BCUT2D eigenvalue weighted by molar-refractivity contribution is -0.697. The third kappa shape index (κ3) is 13.8. The largest absolute Gasteiger partial charge is 0.696 e. The lowest BCUT2D eigenvalue weighted by atomic mass is 10.1. The molecule has 124 valence electrons. The smallest absolute Gasteiger partial charge is 0.171 e. The van der Waals surface area contributed by atoms with Gasteiger partial charge in [0.25, 0.3) is 0 Å². The van der Waals surface area contributed by atoms with Crippen LogP contribution < -0.4 is 4.57 Å². The lowest BCUT2D eigenvalue weighted by Crippen LogP contribution is -2.32. The van der Waals surface area contributed by atoms with E-state index in [9.17, 15) is 0 Å². The van der Waals surface area contributed by atoms with Crippen molar-refractivity contribution in [3.05, 3.63) is 30.1 Å². The first kappa shape index (κ1) is 20.9. The van der Waals surface area contributed by atoms with Gasteiger partial charge < -0.3 is 12.6 Å². The van der Waals surface area contributed by atoms with E-state index in [0.29, 0.717) is 0 Å². The Labute approximate surface area is 143 Å². The van der Waals surface area contributed by atoms with Crippen molar-refractivity contribution in [2.45, 2.75) is 84.6 Å². The summed E-state index contributed by atoms with van der Waals surface area (Å²) in [6.45, 7) is 5.62. The first-order valence-electron chi connectivity index (χ1n) is 8.71. The van der Waals surface area contributed by atoms with Crippen LogP contribution >= 0.6 is 0 Å². The van der Waals surface area contributed by atoms with Gasteiger partial charge in [-0.3, -0.25) is 0 Å². The van der Waals surface area contributed by atoms with Crippen LogP contribution in [0.4, 0.5) is 0 Å². The lowest BCUT2D eigenvalue weighted by Gasteiger charge is -2.01. The third-order valence-electron chi connectivity index (χ3n) is 3.78. The Balaban J connectivity index is 0.00000135. The number of nitrogens with zero attached hydrogens (tertiary/aromatic N) is 2. The van der Waals surface area contributed by atoms with Crippen LogP contribution in [0.1, 0.15) is 76.7 Å². The molecule has 1 aromatic rings. The second kappa shape index (κ2) is 16.2. The van der Waals surface area contributed by atoms with Gasteiger partial charge in [0.1, 0.15) is 6.54 Å². The van der Waals surface area contributed by atoms with Crippen LogP contribution in [0.5, 0.6) is 0 Å². The summed E-state index contributed by atoms with van der Waals surface area (Å²) in [5.41, 5.74) is 1.36. The number of unbranched alkanes of at least 4 members (excludes halogenated alkanes) is 9. The Morgan fingerprint density at radius 3 is 2.00 bits per heavy atom. The van der Waals surface area contributed by atoms with Crippen molar-refractivity contribution in [3.8, 4) is 5.40 Å². The summed E-state index contributed by atoms with van der Waals surface area (Å²) < 4.78 is 2.32. The molecule has 0 bridgehead atoms. The van der Waals surface area contributed by atoms with Crippen LogP contribution in [-0.2, 0) is 19.2 Å². The second-order valence-corrected chi connectivity index (χ2v) is 6.07. The number of nitriles is 1. The summed E-state index contributed by atoms with van der Waals surface area (Å²) in [7, 11) is 0. The number of hydrogen-bond donors (Lipinski definition) is 0. The molecule has 0 aliphatic carbocycles. The predicted molar refractivity (Wildman–Crippen MR) is 96.2 cm³/mol. The normalized spacial score (nSPS) is 9.68. The Morgan fingerprint density at radius 1 is 1.00 bits per heavy atom. The highest BCUT2D eigenvalue weighted by molar-refractivity contribution is 7.64. The fraction of sp³-hybridized carbons (Fsp3) is 0.684. The van der Waals surface area contributed by atoms with E-state index < -0.39 is 0 Å². The van der Waals surface area contributed by atoms with Crippen molar-refractivity contribution < 1.29 is 4.57 Å². The Kier molecular flexibility index (Phi) is 15.4. The quantitative estimate of drug-likeness (QED) is 0.242. The summed E-state index contributed by atoms with van der Waals surface area (Å²) in [6.07, 6.45) is 18.6. The Bertz CT molecular complexity index is 399. The van der Waals surface area contributed by atoms with Gasteiger partial charge in [-0.2, -0.15) is 0 Å². The van der Waals surface area contributed by atoms with Gasteiger partial charge in [0.2, 0.25) is 0 Å². The fourth-order valence-electron chi connectivity index (χ4n) is 2.57. The number of rotatable bonds is 11. The van der Waals surface area contributed by atoms with Gasteiger partial charge >= 0.3 is 0 Å². The van der Waals surface area contributed by atoms with Gasteiger partial charge in [-0.05, 0) is 19.4 Å². The standard InChI is InChI=1S/C18H32N.CHNS/c1-3-4-5-6-7-8-9-10-11-12-15-19-16-13-14-18(2)17-19;2-1-3/h13-14,16-17H,3-12,15H2,1-2H3;3H/q+1;/p-1. The fourth-order valence-corrected chi connectivity index (χ4v) is 2.57. The number of pyridine rings is 1. The molecule has 0 aliphatic rings. The molecule has 0 atom stereocenters. The minimum atomic E-state index is 1.18. The van der Waals surface area contributed by atoms with Crippen molar-refractivity contribution >= 4 is 12.6 Å². The summed E-state index contributed by atoms with van der Waals surface area (Å²) in [5.74, 6) is 0. The molecule has 0 saturated carbocycles. The molecule has 2 nitrogen and oxygen atoms in total. The minimum Gasteiger partial charge on any atom is -0.696 e. The first-order chi connectivity index (χ1) is 10.7. The van der Waals surface area contributed by atoms with E-state index in [4.69, 9.17) is 5.26 Å². The van der Waals surface area contributed by atoms with E-state index in [1.54, 1.807) is 0 Å². The van der Waals surface area contributed by atoms with Crippen LogP contribution in [0, 0.1) is 17.6 Å². The molecule has 0 amide bonds. The van der Waals surface area contributed by atoms with Crippen molar-refractivity contribution in [1.29, 1.82) is 5.26 Å². The van der Waals surface area contributed by atoms with E-state index in [-0.39, 0.29) is 0 Å². The maximum absolute atomic E-state index is 7.13. The summed E-state index contributed by atoms with van der Waals surface area (Å²) in [5, 5.41) is 8.47. The molecule has 0 fully saturated rings. The molecule has 0 unspecified atom stereocenters. The molecule has 3 heteroatoms. The molecule has 1 aromatic heterocycles. The van der Waals surface area contributed by atoms with E-state index in [0.717, 1.165) is 0 Å². The van der Waals surface area contributed by atoms with E-state index in [1.807, 2.05) is 0 Å². The van der Waals surface area contributed by atoms with Crippen LogP contribution in [0.15, 0.2) is 24.5 Å². The monoisotopic (exact) mass is 320 g/mol. The number of hydrogen-bond acceptors (Lipinski definition) is 2. The average Bonchev–Trinajstić information content (AvgIpc) is 2.50. The van der Waals surface area contributed by atoms with Gasteiger partial charge in [0.15, 0.2) is 12.4 Å². The van der Waals surface area contributed by atoms with Gasteiger partial charge in [0, 0.05) is 18.1 Å². The molecule has 0 aromatic carbocycles. The number of aryl methyl sites for hydroxylation is 2. The first-order valence-corrected chi connectivity index (χ1v) is 9.12. The maximum atomic E-state index is 7.13. The molecular weight excluding hydrogens is 288 g/mol. The average molecular weight is 321 g/mol. The molecule has 1 rings (SSSR count). The Morgan fingerprint density at radius 2 is 1.50 bits per heavy atom. The van der Waals surface area contributed by atoms with Crippen molar-refractivity contribution in [1.82, 2.24) is 0 Å². The van der Waals surface area contributed by atoms with E-state index in [2.05, 4.69) is 55.6 Å². The Hall–Kier alpha value is -1.14. The molecule has 0 saturated heterocycles. The molecule has 22 heavy (non-hydrogen) atoms. The van der Waals surface area contributed by atoms with Crippen molar-refractivity contribution in [2.75, 3.05) is 0 Å². The highest BCUT2D eigenvalue weighted by Crippen LogP contribution is 2.10. The summed E-state index contributed by atoms with van der Waals surface area (Å²) in [6, 6.07) is 4.31. The van der Waals surface area contributed by atoms with E-state index >= 15 is 0 Å². The van der Waals surface area contributed by atoms with Gasteiger partial charge in [-0.25, -0.2) is 9.83 Å². The number of thiocyanates is 1. The minimum absolute atomic E-state index is 1.18. The highest BCUT2D eigenvalue weighted by Gasteiger charge is 1.99. The zero-order chi connectivity index (χ0) is 16.5. The van der Waals surface area contributed by atoms with Gasteiger partial charge in [-0.1, -0.05) is 63.7 Å². The maximum Gasteiger partial charge on any atom is 0.171 e. The van der Waals surface area contributed by atoms with E-state index in [1.165, 1.54) is 81.7 Å². The molecule has 0 spiro atoms. The van der Waals surface area contributed by atoms with Gasteiger partial charge in [-0.15, -0.1) is 0 Å². The van der Waals surface area contributed by atoms with Crippen LogP contribution in [0.3, 0.4) is 0 Å². The topological polar surface area (TPSA) is 27.7 Å². The highest BCUT2D eigenvalue weighted by atomic mass is 32.1. The molecule has 1 heterocycles. The van der Waals surface area contributed by atoms with Crippen molar-refractivity contribution in [3.63, 3.8) is 0 Å². The second-order valence-electron chi connectivity index (χ2n) is 5.89. The summed E-state index contributed by atoms with van der Waals surface area (Å²) >= 11 is 3.70. The molecule has 0 aliphatic heterocycles. The summed E-state index contributed by atoms with van der Waals surface area (Å²) in [4.78, 5) is 0. The zero-order valence-corrected chi connectivity index (χ0v) is 15.2. The predicted octanol–water partition coefficient (Wildman–Crippen LogP) is 5.22. The SMILES string of the molecule is CCCCCCCCCCCC[n+]1cccc(C)c1.N#C[S-]. The van der Waals surface area contributed by atoms with Crippen LogP contribution in [0.25, 0.3) is 0 Å².